The highest BCUT2D eigenvalue weighted by molar-refractivity contribution is 6.06. The quantitative estimate of drug-likeness (QED) is 0.830. The third kappa shape index (κ3) is 4.64. The Kier molecular flexibility index (Phi) is 6.09. The van der Waals surface area contributed by atoms with Crippen LogP contribution < -0.4 is 15.0 Å². The number of para-hydroxylation sites is 2. The average molecular weight is 382 g/mol. The fourth-order valence-electron chi connectivity index (χ4n) is 3.55. The molecule has 2 aliphatic heterocycles. The molecular formula is C22H26N2O4. The van der Waals surface area contributed by atoms with Gasteiger partial charge in [-0.05, 0) is 43.2 Å². The number of hydrogen-bond acceptors (Lipinski definition) is 5. The summed E-state index contributed by atoms with van der Waals surface area (Å²) >= 11 is 0. The van der Waals surface area contributed by atoms with Gasteiger partial charge < -0.3 is 24.4 Å². The van der Waals surface area contributed by atoms with Crippen LogP contribution in [-0.4, -0.2) is 51.5 Å². The second-order valence-electron chi connectivity index (χ2n) is 7.04. The Morgan fingerprint density at radius 1 is 1.11 bits per heavy atom. The first kappa shape index (κ1) is 18.8. The SMILES string of the molecule is O=C(Nc1ccccc1N1CCOCC1)c1cccc(OCC2CCCO2)c1. The van der Waals surface area contributed by atoms with E-state index < -0.39 is 0 Å². The molecule has 0 aliphatic carbocycles. The standard InChI is InChI=1S/C22H26N2O4/c25-22(17-5-3-6-18(15-17)28-16-19-7-4-12-27-19)23-20-8-1-2-9-21(20)24-10-13-26-14-11-24/h1-3,5-6,8-9,15,19H,4,7,10-14,16H2,(H,23,25). The van der Waals surface area contributed by atoms with Gasteiger partial charge in [0.1, 0.15) is 12.4 Å². The Morgan fingerprint density at radius 2 is 1.96 bits per heavy atom. The van der Waals surface area contributed by atoms with Gasteiger partial charge in [-0.25, -0.2) is 0 Å². The van der Waals surface area contributed by atoms with Crippen molar-refractivity contribution in [3.05, 3.63) is 54.1 Å². The molecule has 28 heavy (non-hydrogen) atoms. The molecular weight excluding hydrogens is 356 g/mol. The Hall–Kier alpha value is -2.57. The lowest BCUT2D eigenvalue weighted by Crippen LogP contribution is -2.36. The molecule has 2 aliphatic rings. The van der Waals surface area contributed by atoms with Crippen LogP contribution in [0, 0.1) is 0 Å². The summed E-state index contributed by atoms with van der Waals surface area (Å²) in [5.74, 6) is 0.535. The van der Waals surface area contributed by atoms with Crippen molar-refractivity contribution >= 4 is 17.3 Å². The van der Waals surface area contributed by atoms with Crippen LogP contribution in [0.2, 0.25) is 0 Å². The molecule has 0 saturated carbocycles. The number of carbonyl (C=O) groups excluding carboxylic acids is 1. The molecule has 148 valence electrons. The first-order valence-electron chi connectivity index (χ1n) is 9.87. The number of morpholine rings is 1. The molecule has 0 aromatic heterocycles. The van der Waals surface area contributed by atoms with E-state index in [1.807, 2.05) is 36.4 Å². The number of carbonyl (C=O) groups is 1. The lowest BCUT2D eigenvalue weighted by molar-refractivity contribution is 0.0679. The van der Waals surface area contributed by atoms with Crippen molar-refractivity contribution in [3.8, 4) is 5.75 Å². The van der Waals surface area contributed by atoms with Crippen LogP contribution >= 0.6 is 0 Å². The molecule has 2 heterocycles. The summed E-state index contributed by atoms with van der Waals surface area (Å²) < 4.78 is 16.8. The molecule has 1 unspecified atom stereocenters. The number of anilines is 2. The van der Waals surface area contributed by atoms with Crippen LogP contribution in [0.25, 0.3) is 0 Å². The second-order valence-corrected chi connectivity index (χ2v) is 7.04. The zero-order chi connectivity index (χ0) is 19.2. The highest BCUT2D eigenvalue weighted by Gasteiger charge is 2.18. The van der Waals surface area contributed by atoms with Crippen LogP contribution in [0.4, 0.5) is 11.4 Å². The first-order valence-corrected chi connectivity index (χ1v) is 9.87. The summed E-state index contributed by atoms with van der Waals surface area (Å²) in [6.07, 6.45) is 2.26. The highest BCUT2D eigenvalue weighted by atomic mass is 16.5. The van der Waals surface area contributed by atoms with Gasteiger partial charge in [0.25, 0.3) is 5.91 Å². The van der Waals surface area contributed by atoms with E-state index in [2.05, 4.69) is 10.2 Å². The number of rotatable bonds is 6. The molecule has 2 saturated heterocycles. The minimum atomic E-state index is -0.150. The monoisotopic (exact) mass is 382 g/mol. The Labute approximate surface area is 165 Å². The molecule has 2 aromatic rings. The molecule has 2 fully saturated rings. The molecule has 1 N–H and O–H groups in total. The maximum absolute atomic E-state index is 12.8. The summed E-state index contributed by atoms with van der Waals surface area (Å²) in [6, 6.07) is 15.2. The predicted octanol–water partition coefficient (Wildman–Crippen LogP) is 3.33. The third-order valence-electron chi connectivity index (χ3n) is 5.06. The van der Waals surface area contributed by atoms with Crippen molar-refractivity contribution in [2.75, 3.05) is 49.7 Å². The van der Waals surface area contributed by atoms with Gasteiger partial charge in [0.2, 0.25) is 0 Å². The number of benzene rings is 2. The average Bonchev–Trinajstić information content (AvgIpc) is 3.27. The Bertz CT molecular complexity index is 799. The van der Waals surface area contributed by atoms with E-state index in [0.717, 1.165) is 43.9 Å². The van der Waals surface area contributed by atoms with Crippen molar-refractivity contribution in [1.82, 2.24) is 0 Å². The zero-order valence-electron chi connectivity index (χ0n) is 15.9. The normalized spacial score (nSPS) is 19.4. The van der Waals surface area contributed by atoms with Crippen LogP contribution in [0.3, 0.4) is 0 Å². The third-order valence-corrected chi connectivity index (χ3v) is 5.06. The highest BCUT2D eigenvalue weighted by Crippen LogP contribution is 2.27. The van der Waals surface area contributed by atoms with Gasteiger partial charge >= 0.3 is 0 Å². The maximum Gasteiger partial charge on any atom is 0.255 e. The summed E-state index contributed by atoms with van der Waals surface area (Å²) in [5.41, 5.74) is 2.40. The van der Waals surface area contributed by atoms with E-state index in [1.54, 1.807) is 12.1 Å². The lowest BCUT2D eigenvalue weighted by Gasteiger charge is -2.30. The molecule has 4 rings (SSSR count). The molecule has 1 amide bonds. The van der Waals surface area contributed by atoms with Gasteiger partial charge in [-0.3, -0.25) is 4.79 Å². The van der Waals surface area contributed by atoms with Crippen molar-refractivity contribution < 1.29 is 19.0 Å². The van der Waals surface area contributed by atoms with E-state index >= 15 is 0 Å². The van der Waals surface area contributed by atoms with Crippen molar-refractivity contribution in [2.24, 2.45) is 0 Å². The number of nitrogens with zero attached hydrogens (tertiary/aromatic N) is 1. The molecule has 2 aromatic carbocycles. The van der Waals surface area contributed by atoms with Crippen molar-refractivity contribution in [2.45, 2.75) is 18.9 Å². The summed E-state index contributed by atoms with van der Waals surface area (Å²) in [7, 11) is 0. The number of hydrogen-bond donors (Lipinski definition) is 1. The maximum atomic E-state index is 12.8. The van der Waals surface area contributed by atoms with Crippen LogP contribution in [0.15, 0.2) is 48.5 Å². The molecule has 6 heteroatoms. The summed E-state index contributed by atoms with van der Waals surface area (Å²) in [4.78, 5) is 15.1. The van der Waals surface area contributed by atoms with Crippen LogP contribution in [0.1, 0.15) is 23.2 Å². The van der Waals surface area contributed by atoms with Gasteiger partial charge in [-0.2, -0.15) is 0 Å². The van der Waals surface area contributed by atoms with E-state index in [1.165, 1.54) is 0 Å². The van der Waals surface area contributed by atoms with Gasteiger partial charge in [0, 0.05) is 25.3 Å². The first-order chi connectivity index (χ1) is 13.8. The largest absolute Gasteiger partial charge is 0.491 e. The van der Waals surface area contributed by atoms with E-state index in [4.69, 9.17) is 14.2 Å². The second kappa shape index (κ2) is 9.08. The minimum Gasteiger partial charge on any atom is -0.491 e. The van der Waals surface area contributed by atoms with Gasteiger partial charge in [0.15, 0.2) is 0 Å². The van der Waals surface area contributed by atoms with Crippen LogP contribution in [-0.2, 0) is 9.47 Å². The van der Waals surface area contributed by atoms with Gasteiger partial charge in [0.05, 0.1) is 30.7 Å². The summed E-state index contributed by atoms with van der Waals surface area (Å²) in [6.45, 7) is 4.36. The smallest absolute Gasteiger partial charge is 0.255 e. The van der Waals surface area contributed by atoms with E-state index in [0.29, 0.717) is 31.1 Å². The fourth-order valence-corrected chi connectivity index (χ4v) is 3.55. The predicted molar refractivity (Wildman–Crippen MR) is 108 cm³/mol. The van der Waals surface area contributed by atoms with Crippen molar-refractivity contribution in [1.29, 1.82) is 0 Å². The number of amides is 1. The van der Waals surface area contributed by atoms with E-state index in [-0.39, 0.29) is 12.0 Å². The number of ether oxygens (including phenoxy) is 3. The van der Waals surface area contributed by atoms with E-state index in [9.17, 15) is 4.79 Å². The Balaban J connectivity index is 1.43. The zero-order valence-corrected chi connectivity index (χ0v) is 15.9. The fraction of sp³-hybridized carbons (Fsp3) is 0.409. The van der Waals surface area contributed by atoms with Crippen LogP contribution in [0.5, 0.6) is 5.75 Å². The lowest BCUT2D eigenvalue weighted by atomic mass is 10.1. The molecule has 0 radical (unpaired) electrons. The summed E-state index contributed by atoms with van der Waals surface area (Å²) in [5, 5.41) is 3.05. The molecule has 0 spiro atoms. The van der Waals surface area contributed by atoms with Crippen molar-refractivity contribution in [3.63, 3.8) is 0 Å². The minimum absolute atomic E-state index is 0.150. The van der Waals surface area contributed by atoms with Gasteiger partial charge in [-0.1, -0.05) is 18.2 Å². The number of nitrogens with one attached hydrogen (secondary N) is 1. The Morgan fingerprint density at radius 3 is 2.79 bits per heavy atom. The topological polar surface area (TPSA) is 60.0 Å². The molecule has 6 nitrogen and oxygen atoms in total. The van der Waals surface area contributed by atoms with Gasteiger partial charge in [-0.15, -0.1) is 0 Å². The molecule has 1 atom stereocenters. The molecule has 0 bridgehead atoms.